The number of methoxy groups -OCH3 is 1. The number of esters is 1. The number of aromatic nitrogens is 2. The van der Waals surface area contributed by atoms with Gasteiger partial charge in [-0.2, -0.15) is 5.10 Å². The van der Waals surface area contributed by atoms with Crippen LogP contribution >= 0.6 is 0 Å². The van der Waals surface area contributed by atoms with E-state index in [2.05, 4.69) is 5.10 Å². The van der Waals surface area contributed by atoms with Gasteiger partial charge in [-0.1, -0.05) is 0 Å². The Balaban J connectivity index is 2.71. The molecule has 0 radical (unpaired) electrons. The predicted molar refractivity (Wildman–Crippen MR) is 67.2 cm³/mol. The van der Waals surface area contributed by atoms with Crippen LogP contribution in [0.3, 0.4) is 0 Å². The van der Waals surface area contributed by atoms with E-state index in [1.54, 1.807) is 51.9 Å². The number of hydrogen-bond donors (Lipinski definition) is 1. The molecule has 0 saturated carbocycles. The van der Waals surface area contributed by atoms with E-state index < -0.39 is 17.1 Å². The minimum Gasteiger partial charge on any atom is -0.493 e. The van der Waals surface area contributed by atoms with Gasteiger partial charge in [-0.05, 0) is 27.7 Å². The van der Waals surface area contributed by atoms with Gasteiger partial charge in [-0.25, -0.2) is 4.79 Å². The highest BCUT2D eigenvalue weighted by atomic mass is 16.6. The lowest BCUT2D eigenvalue weighted by molar-refractivity contribution is -0.161. The lowest BCUT2D eigenvalue weighted by atomic mass is 10.0. The number of ether oxygens (including phenoxy) is 2. The van der Waals surface area contributed by atoms with Crippen LogP contribution < -0.4 is 10.5 Å². The molecule has 0 amide bonds. The molecule has 1 atom stereocenters. The van der Waals surface area contributed by atoms with Gasteiger partial charge in [0, 0.05) is 0 Å². The number of nitrogens with two attached hydrogens (primary N) is 1. The van der Waals surface area contributed by atoms with Gasteiger partial charge in [0.1, 0.15) is 11.1 Å². The van der Waals surface area contributed by atoms with Crippen LogP contribution in [-0.4, -0.2) is 34.0 Å². The van der Waals surface area contributed by atoms with E-state index in [-0.39, 0.29) is 6.54 Å². The van der Waals surface area contributed by atoms with Crippen molar-refractivity contribution in [3.63, 3.8) is 0 Å². The maximum Gasteiger partial charge on any atom is 0.328 e. The topological polar surface area (TPSA) is 79.4 Å². The monoisotopic (exact) mass is 255 g/mol. The lowest BCUT2D eigenvalue weighted by Crippen LogP contribution is -2.51. The Hall–Kier alpha value is -1.56. The molecule has 6 heteroatoms. The first kappa shape index (κ1) is 14.5. The summed E-state index contributed by atoms with van der Waals surface area (Å²) in [6.07, 6.45) is 3.24. The minimum atomic E-state index is -1.13. The summed E-state index contributed by atoms with van der Waals surface area (Å²) >= 11 is 0. The van der Waals surface area contributed by atoms with E-state index >= 15 is 0 Å². The first-order valence-electron chi connectivity index (χ1n) is 5.73. The fraction of sp³-hybridized carbons (Fsp3) is 0.667. The fourth-order valence-corrected chi connectivity index (χ4v) is 1.33. The Labute approximate surface area is 107 Å². The van der Waals surface area contributed by atoms with Gasteiger partial charge in [0.15, 0.2) is 5.75 Å². The Morgan fingerprint density at radius 2 is 2.06 bits per heavy atom. The van der Waals surface area contributed by atoms with Crippen molar-refractivity contribution in [3.8, 4) is 5.75 Å². The summed E-state index contributed by atoms with van der Waals surface area (Å²) in [5.74, 6) is 0.166. The van der Waals surface area contributed by atoms with E-state index in [0.29, 0.717) is 5.75 Å². The quantitative estimate of drug-likeness (QED) is 0.810. The maximum absolute atomic E-state index is 11.9. The molecule has 0 aliphatic rings. The molecule has 0 aliphatic heterocycles. The maximum atomic E-state index is 11.9. The third-order valence-electron chi connectivity index (χ3n) is 2.20. The van der Waals surface area contributed by atoms with Crippen LogP contribution in [0.25, 0.3) is 0 Å². The Morgan fingerprint density at radius 1 is 1.44 bits per heavy atom. The summed E-state index contributed by atoms with van der Waals surface area (Å²) in [5, 5.41) is 4.05. The van der Waals surface area contributed by atoms with Crippen molar-refractivity contribution in [2.75, 3.05) is 7.11 Å². The van der Waals surface area contributed by atoms with E-state index in [1.165, 1.54) is 0 Å². The molecule has 0 saturated heterocycles. The smallest absolute Gasteiger partial charge is 0.328 e. The zero-order valence-electron chi connectivity index (χ0n) is 11.6. The molecular weight excluding hydrogens is 234 g/mol. The minimum absolute atomic E-state index is 0.227. The van der Waals surface area contributed by atoms with Crippen molar-refractivity contribution in [2.45, 2.75) is 45.4 Å². The summed E-state index contributed by atoms with van der Waals surface area (Å²) in [5.41, 5.74) is 4.28. The molecule has 18 heavy (non-hydrogen) atoms. The summed E-state index contributed by atoms with van der Waals surface area (Å²) < 4.78 is 11.8. The van der Waals surface area contributed by atoms with Gasteiger partial charge in [0.05, 0.1) is 26.0 Å². The first-order valence-corrected chi connectivity index (χ1v) is 5.73. The zero-order valence-corrected chi connectivity index (χ0v) is 11.6. The van der Waals surface area contributed by atoms with Gasteiger partial charge in [0.25, 0.3) is 0 Å². The highest BCUT2D eigenvalue weighted by molar-refractivity contribution is 5.80. The van der Waals surface area contributed by atoms with Crippen molar-refractivity contribution < 1.29 is 14.3 Å². The largest absolute Gasteiger partial charge is 0.493 e. The van der Waals surface area contributed by atoms with Gasteiger partial charge < -0.3 is 15.2 Å². The molecule has 1 aromatic rings. The van der Waals surface area contributed by atoms with Crippen molar-refractivity contribution in [1.82, 2.24) is 9.78 Å². The molecule has 1 aromatic heterocycles. The van der Waals surface area contributed by atoms with Crippen LogP contribution in [0.15, 0.2) is 12.4 Å². The van der Waals surface area contributed by atoms with Gasteiger partial charge in [-0.3, -0.25) is 4.68 Å². The molecule has 0 aromatic carbocycles. The summed E-state index contributed by atoms with van der Waals surface area (Å²) in [6, 6.07) is 0. The van der Waals surface area contributed by atoms with Crippen LogP contribution in [0, 0.1) is 0 Å². The molecule has 0 fully saturated rings. The SMILES string of the molecule is COc1cnn(CC(C)(N)C(=O)OC(C)(C)C)c1. The Bertz CT molecular complexity index is 418. The molecule has 102 valence electrons. The zero-order chi connectivity index (χ0) is 14.0. The first-order chi connectivity index (χ1) is 8.14. The lowest BCUT2D eigenvalue weighted by Gasteiger charge is -2.28. The summed E-state index contributed by atoms with van der Waals surface area (Å²) in [7, 11) is 1.55. The normalized spacial score (nSPS) is 15.0. The Morgan fingerprint density at radius 3 is 2.50 bits per heavy atom. The highest BCUT2D eigenvalue weighted by Gasteiger charge is 2.34. The fourth-order valence-electron chi connectivity index (χ4n) is 1.33. The van der Waals surface area contributed by atoms with E-state index in [0.717, 1.165) is 0 Å². The molecular formula is C12H21N3O3. The van der Waals surface area contributed by atoms with Crippen LogP contribution in [0.1, 0.15) is 27.7 Å². The average molecular weight is 255 g/mol. The molecule has 0 spiro atoms. The number of nitrogens with zero attached hydrogens (tertiary/aromatic N) is 2. The van der Waals surface area contributed by atoms with Crippen LogP contribution in [0.5, 0.6) is 5.75 Å². The van der Waals surface area contributed by atoms with Crippen LogP contribution in [-0.2, 0) is 16.1 Å². The number of rotatable bonds is 4. The molecule has 2 N–H and O–H groups in total. The molecule has 1 unspecified atom stereocenters. The highest BCUT2D eigenvalue weighted by Crippen LogP contribution is 2.15. The van der Waals surface area contributed by atoms with Crippen molar-refractivity contribution >= 4 is 5.97 Å². The second-order valence-corrected chi connectivity index (χ2v) is 5.50. The van der Waals surface area contributed by atoms with Gasteiger partial charge in [0.2, 0.25) is 0 Å². The third-order valence-corrected chi connectivity index (χ3v) is 2.20. The second-order valence-electron chi connectivity index (χ2n) is 5.50. The summed E-state index contributed by atoms with van der Waals surface area (Å²) in [6.45, 7) is 7.26. The number of carbonyl (C=O) groups is 1. The third kappa shape index (κ3) is 4.03. The molecule has 6 nitrogen and oxygen atoms in total. The van der Waals surface area contributed by atoms with Crippen LogP contribution in [0.2, 0.25) is 0 Å². The molecule has 0 bridgehead atoms. The summed E-state index contributed by atoms with van der Waals surface area (Å²) in [4.78, 5) is 11.9. The van der Waals surface area contributed by atoms with Crippen molar-refractivity contribution in [2.24, 2.45) is 5.73 Å². The molecule has 1 rings (SSSR count). The number of carbonyl (C=O) groups excluding carboxylic acids is 1. The van der Waals surface area contributed by atoms with E-state index in [1.807, 2.05) is 0 Å². The van der Waals surface area contributed by atoms with Gasteiger partial charge >= 0.3 is 5.97 Å². The van der Waals surface area contributed by atoms with E-state index in [9.17, 15) is 4.79 Å². The average Bonchev–Trinajstić information content (AvgIpc) is 2.62. The van der Waals surface area contributed by atoms with Crippen molar-refractivity contribution in [1.29, 1.82) is 0 Å². The van der Waals surface area contributed by atoms with Gasteiger partial charge in [-0.15, -0.1) is 0 Å². The molecule has 0 aliphatic carbocycles. The predicted octanol–water partition coefficient (Wildman–Crippen LogP) is 0.951. The molecule has 1 heterocycles. The standard InChI is InChI=1S/C12H21N3O3/c1-11(2,3)18-10(16)12(4,13)8-15-7-9(17-5)6-14-15/h6-7H,8,13H2,1-5H3. The van der Waals surface area contributed by atoms with Crippen molar-refractivity contribution in [3.05, 3.63) is 12.4 Å². The second kappa shape index (κ2) is 4.97. The van der Waals surface area contributed by atoms with Crippen LogP contribution in [0.4, 0.5) is 0 Å². The number of hydrogen-bond acceptors (Lipinski definition) is 5. The van der Waals surface area contributed by atoms with E-state index in [4.69, 9.17) is 15.2 Å². The Kier molecular flexibility index (Phi) is 4.01.